The Morgan fingerprint density at radius 1 is 1.11 bits per heavy atom. The minimum atomic E-state index is -0.119. The number of carbonyl (C=O) groups excluding carboxylic acids is 1. The molecule has 0 aliphatic carbocycles. The van der Waals surface area contributed by atoms with Gasteiger partial charge in [-0.15, -0.1) is 11.3 Å². The van der Waals surface area contributed by atoms with E-state index >= 15 is 0 Å². The van der Waals surface area contributed by atoms with Crippen molar-refractivity contribution in [2.45, 2.75) is 20.4 Å². The van der Waals surface area contributed by atoms with Crippen molar-refractivity contribution >= 4 is 27.5 Å². The Kier molecular flexibility index (Phi) is 5.17. The van der Waals surface area contributed by atoms with Crippen LogP contribution in [0.1, 0.15) is 27.7 Å². The first kappa shape index (κ1) is 18.3. The second-order valence-electron chi connectivity index (χ2n) is 6.46. The first-order valence-corrected chi connectivity index (χ1v) is 10.1. The van der Waals surface area contributed by atoms with Gasteiger partial charge in [-0.05, 0) is 31.5 Å². The summed E-state index contributed by atoms with van der Waals surface area (Å²) in [6.45, 7) is 5.00. The maximum absolute atomic E-state index is 12.8. The summed E-state index contributed by atoms with van der Waals surface area (Å²) in [7, 11) is 0. The van der Waals surface area contributed by atoms with Gasteiger partial charge in [0, 0.05) is 23.1 Å². The highest BCUT2D eigenvalue weighted by Gasteiger charge is 2.21. The molecule has 2 heterocycles. The average Bonchev–Trinajstić information content (AvgIpc) is 3.25. The van der Waals surface area contributed by atoms with E-state index in [1.54, 1.807) is 11.3 Å². The molecule has 2 aromatic carbocycles. The van der Waals surface area contributed by atoms with Gasteiger partial charge in [-0.1, -0.05) is 42.5 Å². The van der Waals surface area contributed by atoms with E-state index in [1.807, 2.05) is 74.5 Å². The standard InChI is InChI=1S/C23H21NO3S/c1-3-26-18-11-9-16(10-12-18)14-24-23(25)21-15(2)28-20-13-19(27-22(20)21)17-7-5-4-6-8-17/h4-13H,3,14H2,1-2H3,(H,24,25). The number of hydrogen-bond donors (Lipinski definition) is 1. The summed E-state index contributed by atoms with van der Waals surface area (Å²) in [4.78, 5) is 13.8. The lowest BCUT2D eigenvalue weighted by Gasteiger charge is -2.07. The highest BCUT2D eigenvalue weighted by molar-refractivity contribution is 7.19. The van der Waals surface area contributed by atoms with Crippen LogP contribution in [0.2, 0.25) is 0 Å². The van der Waals surface area contributed by atoms with Crippen molar-refractivity contribution in [1.82, 2.24) is 5.32 Å². The molecule has 0 saturated heterocycles. The highest BCUT2D eigenvalue weighted by atomic mass is 32.1. The van der Waals surface area contributed by atoms with E-state index in [4.69, 9.17) is 9.15 Å². The zero-order valence-corrected chi connectivity index (χ0v) is 16.6. The van der Waals surface area contributed by atoms with Gasteiger partial charge in [-0.2, -0.15) is 0 Å². The summed E-state index contributed by atoms with van der Waals surface area (Å²) in [5.41, 5.74) is 3.30. The highest BCUT2D eigenvalue weighted by Crippen LogP contribution is 2.36. The quantitative estimate of drug-likeness (QED) is 0.452. The number of nitrogens with one attached hydrogen (secondary N) is 1. The van der Waals surface area contributed by atoms with Gasteiger partial charge in [-0.25, -0.2) is 0 Å². The van der Waals surface area contributed by atoms with Crippen LogP contribution in [0.15, 0.2) is 65.1 Å². The van der Waals surface area contributed by atoms with Gasteiger partial charge in [0.15, 0.2) is 5.58 Å². The van der Waals surface area contributed by atoms with E-state index in [0.717, 1.165) is 32.2 Å². The third-order valence-electron chi connectivity index (χ3n) is 4.51. The van der Waals surface area contributed by atoms with Gasteiger partial charge in [0.1, 0.15) is 11.5 Å². The fraction of sp³-hybridized carbons (Fsp3) is 0.174. The number of amides is 1. The molecule has 5 heteroatoms. The van der Waals surface area contributed by atoms with Crippen LogP contribution in [-0.2, 0) is 6.54 Å². The van der Waals surface area contributed by atoms with Crippen molar-refractivity contribution in [1.29, 1.82) is 0 Å². The summed E-state index contributed by atoms with van der Waals surface area (Å²) in [5, 5.41) is 3.00. The molecular formula is C23H21NO3S. The third kappa shape index (κ3) is 3.66. The molecule has 4 aromatic rings. The van der Waals surface area contributed by atoms with E-state index in [1.165, 1.54) is 0 Å². The Balaban J connectivity index is 1.53. The van der Waals surface area contributed by atoms with Crippen LogP contribution in [0.5, 0.6) is 5.75 Å². The number of carbonyl (C=O) groups is 1. The monoisotopic (exact) mass is 391 g/mol. The SMILES string of the molecule is CCOc1ccc(CNC(=O)c2c(C)sc3cc(-c4ccccc4)oc23)cc1. The number of rotatable bonds is 6. The Hall–Kier alpha value is -3.05. The molecular weight excluding hydrogens is 370 g/mol. The molecule has 0 spiro atoms. The molecule has 0 aliphatic rings. The van der Waals surface area contributed by atoms with Crippen LogP contribution >= 0.6 is 11.3 Å². The number of fused-ring (bicyclic) bond motifs is 1. The predicted octanol–water partition coefficient (Wildman–Crippen LogP) is 5.80. The number of benzene rings is 2. The van der Waals surface area contributed by atoms with Gasteiger partial charge in [0.2, 0.25) is 0 Å². The van der Waals surface area contributed by atoms with Crippen molar-refractivity contribution in [2.75, 3.05) is 6.61 Å². The van der Waals surface area contributed by atoms with Crippen molar-refractivity contribution in [3.05, 3.63) is 76.7 Å². The Morgan fingerprint density at radius 3 is 2.57 bits per heavy atom. The Bertz CT molecular complexity index is 1090. The summed E-state index contributed by atoms with van der Waals surface area (Å²) >= 11 is 1.58. The molecule has 0 radical (unpaired) electrons. The van der Waals surface area contributed by atoms with Crippen LogP contribution in [0.4, 0.5) is 0 Å². The lowest BCUT2D eigenvalue weighted by molar-refractivity contribution is 0.0951. The van der Waals surface area contributed by atoms with Crippen LogP contribution < -0.4 is 10.1 Å². The molecule has 142 valence electrons. The second kappa shape index (κ2) is 7.90. The Morgan fingerprint density at radius 2 is 1.86 bits per heavy atom. The third-order valence-corrected chi connectivity index (χ3v) is 5.55. The summed E-state index contributed by atoms with van der Waals surface area (Å²) < 4.78 is 12.5. The predicted molar refractivity (Wildman–Crippen MR) is 113 cm³/mol. The largest absolute Gasteiger partial charge is 0.494 e. The van der Waals surface area contributed by atoms with Crippen LogP contribution in [0.3, 0.4) is 0 Å². The van der Waals surface area contributed by atoms with Gasteiger partial charge in [-0.3, -0.25) is 4.79 Å². The molecule has 0 bridgehead atoms. The first-order chi connectivity index (χ1) is 13.7. The topological polar surface area (TPSA) is 51.5 Å². The number of furan rings is 1. The molecule has 28 heavy (non-hydrogen) atoms. The van der Waals surface area contributed by atoms with Crippen LogP contribution in [-0.4, -0.2) is 12.5 Å². The molecule has 0 unspecified atom stereocenters. The molecule has 2 aromatic heterocycles. The smallest absolute Gasteiger partial charge is 0.256 e. The molecule has 4 nitrogen and oxygen atoms in total. The molecule has 1 N–H and O–H groups in total. The normalized spacial score (nSPS) is 10.9. The summed E-state index contributed by atoms with van der Waals surface area (Å²) in [6, 6.07) is 19.7. The van der Waals surface area contributed by atoms with Crippen molar-refractivity contribution in [3.63, 3.8) is 0 Å². The molecule has 0 aliphatic heterocycles. The number of ether oxygens (including phenoxy) is 1. The van der Waals surface area contributed by atoms with Gasteiger partial charge in [0.25, 0.3) is 5.91 Å². The van der Waals surface area contributed by atoms with Crippen LogP contribution in [0, 0.1) is 6.92 Å². The number of thiophene rings is 1. The van der Waals surface area contributed by atoms with Crippen molar-refractivity contribution < 1.29 is 13.9 Å². The lowest BCUT2D eigenvalue weighted by atomic mass is 10.2. The molecule has 0 saturated carbocycles. The molecule has 4 rings (SSSR count). The minimum Gasteiger partial charge on any atom is -0.494 e. The van der Waals surface area contributed by atoms with Gasteiger partial charge >= 0.3 is 0 Å². The molecule has 0 atom stereocenters. The van der Waals surface area contributed by atoms with Gasteiger partial charge < -0.3 is 14.5 Å². The molecule has 0 fully saturated rings. The lowest BCUT2D eigenvalue weighted by Crippen LogP contribution is -2.23. The van der Waals surface area contributed by atoms with E-state index < -0.39 is 0 Å². The molecule has 1 amide bonds. The summed E-state index contributed by atoms with van der Waals surface area (Å²) in [5.74, 6) is 1.49. The average molecular weight is 391 g/mol. The van der Waals surface area contributed by atoms with Crippen LogP contribution in [0.25, 0.3) is 21.6 Å². The van der Waals surface area contributed by atoms with Gasteiger partial charge in [0.05, 0.1) is 16.9 Å². The van der Waals surface area contributed by atoms with E-state index in [0.29, 0.717) is 24.3 Å². The maximum Gasteiger partial charge on any atom is 0.256 e. The fourth-order valence-corrected chi connectivity index (χ4v) is 4.17. The Labute approximate surface area is 167 Å². The second-order valence-corrected chi connectivity index (χ2v) is 7.72. The van der Waals surface area contributed by atoms with E-state index in [2.05, 4.69) is 5.32 Å². The maximum atomic E-state index is 12.8. The van der Waals surface area contributed by atoms with Crippen molar-refractivity contribution in [3.8, 4) is 17.1 Å². The minimum absolute atomic E-state index is 0.119. The van der Waals surface area contributed by atoms with Crippen molar-refractivity contribution in [2.24, 2.45) is 0 Å². The van der Waals surface area contributed by atoms with E-state index in [9.17, 15) is 4.79 Å². The zero-order chi connectivity index (χ0) is 19.5. The number of hydrogen-bond acceptors (Lipinski definition) is 4. The zero-order valence-electron chi connectivity index (χ0n) is 15.8. The summed E-state index contributed by atoms with van der Waals surface area (Å²) in [6.07, 6.45) is 0. The van der Waals surface area contributed by atoms with E-state index in [-0.39, 0.29) is 5.91 Å². The number of aryl methyl sites for hydroxylation is 1. The fourth-order valence-electron chi connectivity index (χ4n) is 3.15. The first-order valence-electron chi connectivity index (χ1n) is 9.24.